The van der Waals surface area contributed by atoms with Gasteiger partial charge >= 0.3 is 0 Å². The van der Waals surface area contributed by atoms with Gasteiger partial charge in [0.1, 0.15) is 0 Å². The maximum Gasteiger partial charge on any atom is 0.275 e. The highest BCUT2D eigenvalue weighted by Crippen LogP contribution is 2.12. The van der Waals surface area contributed by atoms with Crippen molar-refractivity contribution in [1.29, 1.82) is 0 Å². The Kier molecular flexibility index (Phi) is 12.7. The summed E-state index contributed by atoms with van der Waals surface area (Å²) in [6.07, 6.45) is 2.99. The van der Waals surface area contributed by atoms with Crippen LogP contribution in [0.3, 0.4) is 0 Å². The number of hydrogen-bond acceptors (Lipinski definition) is 5. The highest BCUT2D eigenvalue weighted by Gasteiger charge is 2.20. The minimum atomic E-state index is -0.920. The van der Waals surface area contributed by atoms with Gasteiger partial charge < -0.3 is 18.9 Å². The van der Waals surface area contributed by atoms with Crippen LogP contribution in [0.5, 0.6) is 0 Å². The van der Waals surface area contributed by atoms with Crippen LogP contribution in [0, 0.1) is 0 Å². The first kappa shape index (κ1) is 28.7. The number of ether oxygens (including phenoxy) is 5. The first-order valence-electron chi connectivity index (χ1n) is 13.6. The Morgan fingerprint density at radius 3 is 0.795 bits per heavy atom. The monoisotopic (exact) mass is 526 g/mol. The molecular formula is C34H38O5. The Morgan fingerprint density at radius 1 is 0.333 bits per heavy atom. The molecule has 0 amide bonds. The van der Waals surface area contributed by atoms with Crippen LogP contribution in [0.15, 0.2) is 121 Å². The Hall–Kier alpha value is -3.32. The van der Waals surface area contributed by atoms with Crippen LogP contribution in [0.25, 0.3) is 0 Å². The summed E-state index contributed by atoms with van der Waals surface area (Å²) >= 11 is 0. The van der Waals surface area contributed by atoms with E-state index in [4.69, 9.17) is 23.7 Å². The van der Waals surface area contributed by atoms with Crippen molar-refractivity contribution in [3.8, 4) is 0 Å². The average molecular weight is 527 g/mol. The van der Waals surface area contributed by atoms with Gasteiger partial charge in [-0.1, -0.05) is 121 Å². The van der Waals surface area contributed by atoms with Gasteiger partial charge in [-0.05, 0) is 47.9 Å². The minimum Gasteiger partial charge on any atom is -0.329 e. The molecule has 0 spiro atoms. The van der Waals surface area contributed by atoms with E-state index in [9.17, 15) is 0 Å². The Labute approximate surface area is 232 Å². The van der Waals surface area contributed by atoms with Crippen LogP contribution in [0.1, 0.15) is 22.3 Å². The third-order valence-electron chi connectivity index (χ3n) is 6.17. The second-order valence-corrected chi connectivity index (χ2v) is 9.14. The lowest BCUT2D eigenvalue weighted by molar-refractivity contribution is -0.397. The first-order valence-corrected chi connectivity index (χ1v) is 13.6. The molecular weight excluding hydrogens is 488 g/mol. The van der Waals surface area contributed by atoms with Crippen LogP contribution in [-0.2, 0) is 49.4 Å². The summed E-state index contributed by atoms with van der Waals surface area (Å²) < 4.78 is 30.3. The summed E-state index contributed by atoms with van der Waals surface area (Å²) in [5.74, 6) is 0. The fourth-order valence-electron chi connectivity index (χ4n) is 4.01. The quantitative estimate of drug-likeness (QED) is 0.137. The molecule has 0 N–H and O–H groups in total. The molecule has 0 aliphatic carbocycles. The van der Waals surface area contributed by atoms with Gasteiger partial charge in [0.25, 0.3) is 13.0 Å². The van der Waals surface area contributed by atoms with Crippen LogP contribution in [0.2, 0.25) is 0 Å². The Balaban J connectivity index is 1.34. The number of benzene rings is 4. The van der Waals surface area contributed by atoms with E-state index in [-0.39, 0.29) is 0 Å². The van der Waals surface area contributed by atoms with Gasteiger partial charge in [-0.25, -0.2) is 0 Å². The van der Waals surface area contributed by atoms with Crippen molar-refractivity contribution < 1.29 is 23.7 Å². The molecule has 4 aromatic carbocycles. The first-order chi connectivity index (χ1) is 19.3. The standard InChI is InChI=1S/C34H38O5/c1-5-13-29(14-6-1)21-25-35-33(36-26-22-30-15-7-2-8-16-30)39-34(37-27-23-31-17-9-3-10-18-31)38-28-24-32-19-11-4-12-20-32/h1-20,33-34H,21-28H2. The van der Waals surface area contributed by atoms with E-state index in [1.165, 1.54) is 22.3 Å². The van der Waals surface area contributed by atoms with Crippen molar-refractivity contribution in [3.63, 3.8) is 0 Å². The van der Waals surface area contributed by atoms with E-state index in [0.29, 0.717) is 26.4 Å². The molecule has 5 nitrogen and oxygen atoms in total. The smallest absolute Gasteiger partial charge is 0.275 e. The highest BCUT2D eigenvalue weighted by molar-refractivity contribution is 5.16. The van der Waals surface area contributed by atoms with Crippen molar-refractivity contribution in [3.05, 3.63) is 144 Å². The van der Waals surface area contributed by atoms with Crippen molar-refractivity contribution in [2.24, 2.45) is 0 Å². The van der Waals surface area contributed by atoms with Gasteiger partial charge in [-0.2, -0.15) is 0 Å². The van der Waals surface area contributed by atoms with Gasteiger partial charge in [0.15, 0.2) is 0 Å². The topological polar surface area (TPSA) is 46.2 Å². The molecule has 0 aliphatic heterocycles. The number of rotatable bonds is 18. The normalized spacial score (nSPS) is 11.3. The third-order valence-corrected chi connectivity index (χ3v) is 6.17. The fourth-order valence-corrected chi connectivity index (χ4v) is 4.01. The van der Waals surface area contributed by atoms with E-state index in [2.05, 4.69) is 48.5 Å². The van der Waals surface area contributed by atoms with Gasteiger partial charge in [-0.15, -0.1) is 0 Å². The highest BCUT2D eigenvalue weighted by atomic mass is 16.9. The van der Waals surface area contributed by atoms with Crippen molar-refractivity contribution in [2.45, 2.75) is 38.6 Å². The molecule has 0 bridgehead atoms. The molecule has 0 saturated carbocycles. The molecule has 0 unspecified atom stereocenters. The van der Waals surface area contributed by atoms with E-state index in [1.54, 1.807) is 0 Å². The summed E-state index contributed by atoms with van der Waals surface area (Å²) in [6, 6.07) is 40.9. The second kappa shape index (κ2) is 17.3. The zero-order chi connectivity index (χ0) is 26.8. The average Bonchev–Trinajstić information content (AvgIpc) is 2.99. The summed E-state index contributed by atoms with van der Waals surface area (Å²) in [5.41, 5.74) is 4.76. The molecule has 0 heterocycles. The maximum absolute atomic E-state index is 6.11. The van der Waals surface area contributed by atoms with E-state index >= 15 is 0 Å². The summed E-state index contributed by atoms with van der Waals surface area (Å²) in [6.45, 7) is -0.0601. The lowest BCUT2D eigenvalue weighted by atomic mass is 10.2. The predicted molar refractivity (Wildman–Crippen MR) is 153 cm³/mol. The van der Waals surface area contributed by atoms with Gasteiger partial charge in [0, 0.05) is 0 Å². The van der Waals surface area contributed by atoms with Gasteiger partial charge in [0.2, 0.25) is 0 Å². The van der Waals surface area contributed by atoms with E-state index in [0.717, 1.165) is 25.7 Å². The predicted octanol–water partition coefficient (Wildman–Crippen LogP) is 6.61. The molecule has 39 heavy (non-hydrogen) atoms. The minimum absolute atomic E-state index is 0.445. The molecule has 204 valence electrons. The van der Waals surface area contributed by atoms with Crippen molar-refractivity contribution in [1.82, 2.24) is 0 Å². The molecule has 0 aromatic heterocycles. The zero-order valence-corrected chi connectivity index (χ0v) is 22.4. The molecule has 0 radical (unpaired) electrons. The largest absolute Gasteiger partial charge is 0.329 e. The molecule has 5 heteroatoms. The summed E-state index contributed by atoms with van der Waals surface area (Å²) in [5, 5.41) is 0. The van der Waals surface area contributed by atoms with Gasteiger partial charge in [-0.3, -0.25) is 4.74 Å². The molecule has 0 aliphatic rings. The fraction of sp³-hybridized carbons (Fsp3) is 0.294. The lowest BCUT2D eigenvalue weighted by Gasteiger charge is -2.25. The van der Waals surface area contributed by atoms with Crippen LogP contribution < -0.4 is 0 Å². The maximum atomic E-state index is 6.11. The second-order valence-electron chi connectivity index (χ2n) is 9.14. The molecule has 4 aromatic rings. The zero-order valence-electron chi connectivity index (χ0n) is 22.4. The van der Waals surface area contributed by atoms with Crippen molar-refractivity contribution in [2.75, 3.05) is 26.4 Å². The summed E-state index contributed by atoms with van der Waals surface area (Å²) in [4.78, 5) is 0. The van der Waals surface area contributed by atoms with E-state index < -0.39 is 13.0 Å². The van der Waals surface area contributed by atoms with Crippen LogP contribution >= 0.6 is 0 Å². The molecule has 4 rings (SSSR count). The molecule has 0 saturated heterocycles. The van der Waals surface area contributed by atoms with Crippen LogP contribution in [-0.4, -0.2) is 39.4 Å². The Morgan fingerprint density at radius 2 is 0.564 bits per heavy atom. The third kappa shape index (κ3) is 11.5. The van der Waals surface area contributed by atoms with E-state index in [1.807, 2.05) is 72.8 Å². The SMILES string of the molecule is c1ccc(CCOC(OCCc2ccccc2)OC(OCCc2ccccc2)OCCc2ccccc2)cc1. The van der Waals surface area contributed by atoms with Crippen LogP contribution in [0.4, 0.5) is 0 Å². The van der Waals surface area contributed by atoms with Crippen molar-refractivity contribution >= 4 is 0 Å². The van der Waals surface area contributed by atoms with Gasteiger partial charge in [0.05, 0.1) is 26.4 Å². The lowest BCUT2D eigenvalue weighted by Crippen LogP contribution is -2.33. The molecule has 0 fully saturated rings. The summed E-state index contributed by atoms with van der Waals surface area (Å²) in [7, 11) is 0. The Bertz CT molecular complexity index is 955. The number of hydrogen-bond donors (Lipinski definition) is 0. The molecule has 0 atom stereocenters.